The van der Waals surface area contributed by atoms with Crippen LogP contribution in [0.3, 0.4) is 0 Å². The molecule has 0 aromatic heterocycles. The molecule has 120 valence electrons. The largest absolute Gasteiger partial charge is 0.341 e. The van der Waals surface area contributed by atoms with Crippen molar-refractivity contribution in [2.75, 3.05) is 13.1 Å². The molecule has 22 heavy (non-hydrogen) atoms. The van der Waals surface area contributed by atoms with Gasteiger partial charge >= 0.3 is 0 Å². The number of hydrogen-bond donors (Lipinski definition) is 1. The second-order valence-electron chi connectivity index (χ2n) is 6.65. The minimum atomic E-state index is 0.103. The molecule has 0 radical (unpaired) electrons. The van der Waals surface area contributed by atoms with Gasteiger partial charge in [-0.05, 0) is 49.8 Å². The van der Waals surface area contributed by atoms with Gasteiger partial charge in [0.1, 0.15) is 0 Å². The number of carbonyl (C=O) groups excluding carboxylic acids is 1. The van der Waals surface area contributed by atoms with Gasteiger partial charge in [0.2, 0.25) is 5.91 Å². The molecular formula is C18H25BrN2O. The number of amides is 1. The zero-order chi connectivity index (χ0) is 15.5. The van der Waals surface area contributed by atoms with Crippen LogP contribution in [-0.2, 0) is 11.2 Å². The van der Waals surface area contributed by atoms with E-state index < -0.39 is 0 Å². The van der Waals surface area contributed by atoms with Crippen LogP contribution in [0.15, 0.2) is 28.7 Å². The van der Waals surface area contributed by atoms with E-state index in [1.807, 2.05) is 12.1 Å². The average molecular weight is 365 g/mol. The van der Waals surface area contributed by atoms with Gasteiger partial charge in [0.05, 0.1) is 0 Å². The molecule has 2 aliphatic heterocycles. The highest BCUT2D eigenvalue weighted by Crippen LogP contribution is 2.24. The van der Waals surface area contributed by atoms with E-state index in [2.05, 4.69) is 45.2 Å². The maximum absolute atomic E-state index is 12.9. The highest BCUT2D eigenvalue weighted by Gasteiger charge is 2.33. The summed E-state index contributed by atoms with van der Waals surface area (Å²) in [5, 5.41) is 3.65. The molecule has 2 aliphatic rings. The normalized spacial score (nSPS) is 25.8. The van der Waals surface area contributed by atoms with Gasteiger partial charge in [-0.15, -0.1) is 0 Å². The Morgan fingerprint density at radius 2 is 2.18 bits per heavy atom. The number of fused-ring (bicyclic) bond motifs is 2. The summed E-state index contributed by atoms with van der Waals surface area (Å²) in [6, 6.07) is 9.47. The van der Waals surface area contributed by atoms with Crippen LogP contribution >= 0.6 is 15.9 Å². The second-order valence-corrected chi connectivity index (χ2v) is 7.57. The predicted octanol–water partition coefficient (Wildman–Crippen LogP) is 3.37. The van der Waals surface area contributed by atoms with Crippen molar-refractivity contribution in [1.82, 2.24) is 10.2 Å². The molecule has 3 nitrogen and oxygen atoms in total. The number of nitrogens with zero attached hydrogens (tertiary/aromatic N) is 1. The lowest BCUT2D eigenvalue weighted by Crippen LogP contribution is -2.42. The summed E-state index contributed by atoms with van der Waals surface area (Å²) >= 11 is 3.52. The van der Waals surface area contributed by atoms with Crippen molar-refractivity contribution in [3.8, 4) is 0 Å². The van der Waals surface area contributed by atoms with Crippen LogP contribution in [0.1, 0.15) is 38.2 Å². The number of benzene rings is 1. The SMILES string of the molecule is CCC(Cc1cccc(Br)c1)C(=O)N1CCC2CCC(C1)N2. The Hall–Kier alpha value is -0.870. The number of nitrogens with one attached hydrogen (secondary N) is 1. The van der Waals surface area contributed by atoms with Gasteiger partial charge in [0.15, 0.2) is 0 Å². The van der Waals surface area contributed by atoms with Gasteiger partial charge in [-0.2, -0.15) is 0 Å². The highest BCUT2D eigenvalue weighted by atomic mass is 79.9. The highest BCUT2D eigenvalue weighted by molar-refractivity contribution is 9.10. The molecule has 4 heteroatoms. The molecule has 1 N–H and O–H groups in total. The van der Waals surface area contributed by atoms with Crippen molar-refractivity contribution in [2.45, 2.75) is 51.1 Å². The van der Waals surface area contributed by atoms with Gasteiger partial charge in [-0.25, -0.2) is 0 Å². The lowest BCUT2D eigenvalue weighted by Gasteiger charge is -2.28. The van der Waals surface area contributed by atoms with Crippen molar-refractivity contribution < 1.29 is 4.79 Å². The van der Waals surface area contributed by atoms with Gasteiger partial charge in [0.25, 0.3) is 0 Å². The minimum Gasteiger partial charge on any atom is -0.341 e. The van der Waals surface area contributed by atoms with E-state index in [-0.39, 0.29) is 5.92 Å². The van der Waals surface area contributed by atoms with Crippen LogP contribution in [0.25, 0.3) is 0 Å². The molecule has 3 atom stereocenters. The van der Waals surface area contributed by atoms with E-state index in [1.165, 1.54) is 18.4 Å². The molecule has 1 amide bonds. The summed E-state index contributed by atoms with van der Waals surface area (Å²) < 4.78 is 1.09. The van der Waals surface area contributed by atoms with Crippen molar-refractivity contribution in [3.63, 3.8) is 0 Å². The van der Waals surface area contributed by atoms with E-state index in [1.54, 1.807) is 0 Å². The number of hydrogen-bond acceptors (Lipinski definition) is 2. The molecule has 2 heterocycles. The van der Waals surface area contributed by atoms with Crippen molar-refractivity contribution in [1.29, 1.82) is 0 Å². The zero-order valence-corrected chi connectivity index (χ0v) is 14.8. The molecule has 2 bridgehead atoms. The van der Waals surface area contributed by atoms with Crippen molar-refractivity contribution in [3.05, 3.63) is 34.3 Å². The zero-order valence-electron chi connectivity index (χ0n) is 13.2. The van der Waals surface area contributed by atoms with Crippen LogP contribution in [0.2, 0.25) is 0 Å². The topological polar surface area (TPSA) is 32.3 Å². The summed E-state index contributed by atoms with van der Waals surface area (Å²) in [5.74, 6) is 0.447. The summed E-state index contributed by atoms with van der Waals surface area (Å²) in [7, 11) is 0. The minimum absolute atomic E-state index is 0.103. The third kappa shape index (κ3) is 3.72. The van der Waals surface area contributed by atoms with E-state index in [0.29, 0.717) is 18.0 Å². The Kier molecular flexibility index (Phi) is 5.19. The van der Waals surface area contributed by atoms with E-state index in [9.17, 15) is 4.79 Å². The summed E-state index contributed by atoms with van der Waals surface area (Å²) in [6.45, 7) is 3.94. The smallest absolute Gasteiger partial charge is 0.226 e. The molecule has 1 aromatic carbocycles. The maximum atomic E-state index is 12.9. The first-order chi connectivity index (χ1) is 10.7. The molecule has 2 fully saturated rings. The van der Waals surface area contributed by atoms with E-state index in [0.717, 1.165) is 36.8 Å². The summed E-state index contributed by atoms with van der Waals surface area (Å²) in [6.07, 6.45) is 5.35. The molecule has 3 unspecified atom stereocenters. The fourth-order valence-corrected chi connectivity index (χ4v) is 4.20. The average Bonchev–Trinajstić information content (AvgIpc) is 2.83. The second kappa shape index (κ2) is 7.14. The molecule has 2 saturated heterocycles. The van der Waals surface area contributed by atoms with Crippen molar-refractivity contribution in [2.24, 2.45) is 5.92 Å². The molecule has 1 aromatic rings. The first-order valence-electron chi connectivity index (χ1n) is 8.45. The van der Waals surface area contributed by atoms with Crippen LogP contribution in [0.4, 0.5) is 0 Å². The third-order valence-corrected chi connectivity index (χ3v) is 5.54. The molecule has 0 aliphatic carbocycles. The lowest BCUT2D eigenvalue weighted by molar-refractivity contribution is -0.135. The van der Waals surface area contributed by atoms with Gasteiger partial charge in [-0.1, -0.05) is 35.0 Å². The molecule has 3 rings (SSSR count). The number of likely N-dealkylation sites (tertiary alicyclic amines) is 1. The Morgan fingerprint density at radius 1 is 1.36 bits per heavy atom. The number of carbonyl (C=O) groups is 1. The Labute approximate surface area is 141 Å². The Balaban J connectivity index is 1.66. The molecule has 0 saturated carbocycles. The molecular weight excluding hydrogens is 340 g/mol. The van der Waals surface area contributed by atoms with E-state index in [4.69, 9.17) is 0 Å². The fourth-order valence-electron chi connectivity index (χ4n) is 3.76. The Morgan fingerprint density at radius 3 is 2.95 bits per heavy atom. The van der Waals surface area contributed by atoms with Gasteiger partial charge in [-0.3, -0.25) is 4.79 Å². The van der Waals surface area contributed by atoms with Crippen LogP contribution in [-0.4, -0.2) is 36.0 Å². The number of halogens is 1. The van der Waals surface area contributed by atoms with Crippen LogP contribution in [0.5, 0.6) is 0 Å². The third-order valence-electron chi connectivity index (χ3n) is 5.05. The van der Waals surface area contributed by atoms with Gasteiger partial charge < -0.3 is 10.2 Å². The predicted molar refractivity (Wildman–Crippen MR) is 92.8 cm³/mol. The first kappa shape index (κ1) is 16.0. The molecule has 0 spiro atoms. The summed E-state index contributed by atoms with van der Waals surface area (Å²) in [4.78, 5) is 15.0. The standard InChI is InChI=1S/C18H25BrN2O/c1-2-14(10-13-4-3-5-15(19)11-13)18(22)21-9-8-16-6-7-17(12-21)20-16/h3-5,11,14,16-17,20H,2,6-10,12H2,1H3. The fraction of sp³-hybridized carbons (Fsp3) is 0.611. The summed E-state index contributed by atoms with van der Waals surface area (Å²) in [5.41, 5.74) is 1.24. The van der Waals surface area contributed by atoms with Crippen LogP contribution < -0.4 is 5.32 Å². The Bertz CT molecular complexity index is 534. The quantitative estimate of drug-likeness (QED) is 0.887. The maximum Gasteiger partial charge on any atom is 0.226 e. The van der Waals surface area contributed by atoms with Crippen molar-refractivity contribution >= 4 is 21.8 Å². The lowest BCUT2D eigenvalue weighted by atomic mass is 9.95. The monoisotopic (exact) mass is 364 g/mol. The number of rotatable bonds is 4. The van der Waals surface area contributed by atoms with Gasteiger partial charge in [0, 0.05) is 35.6 Å². The van der Waals surface area contributed by atoms with E-state index >= 15 is 0 Å². The first-order valence-corrected chi connectivity index (χ1v) is 9.24. The van der Waals surface area contributed by atoms with Crippen LogP contribution in [0, 0.1) is 5.92 Å².